The standard InChI is InChI=1S/C77H131NO8/c1-3-5-7-9-11-13-15-17-19-21-23-25-27-29-31-33-34-35-36-37-38-39-41-43-45-47-49-51-53-55-57-59-61-63-65-67-73(81)78-70(69-85-77-76(84)75(83)74(82)72(68-79)86-77)71(80)66-64-62-60-58-56-54-52-50-48-46-44-42-40-32-30-28-26-24-22-20-18-16-14-12-10-8-6-4-2/h5,7,11,13,17,19,23,25,29,31,34-35,37-38,41,43,47,49,53,55,64,66,70-72,74-77,79-80,82-84H,3-4,6,8-10,12,14-16,18,20-22,24,26-28,30,32-33,36,39-40,42,44-46,48,50-52,54,56-63,65,67-69H2,1-2H3,(H,78,81)/b7-5-,13-11-,19-17-,25-23-,31-29-,35-34-,38-37-,43-41-,49-47-,55-53-,66-64+. The van der Waals surface area contributed by atoms with Crippen LogP contribution in [0.4, 0.5) is 0 Å². The molecule has 9 heteroatoms. The highest BCUT2D eigenvalue weighted by Gasteiger charge is 2.44. The molecule has 1 aliphatic rings. The van der Waals surface area contributed by atoms with Crippen LogP contribution in [0, 0.1) is 0 Å². The minimum atomic E-state index is -1.58. The van der Waals surface area contributed by atoms with E-state index in [1.807, 2.05) is 6.08 Å². The molecule has 7 atom stereocenters. The molecule has 1 amide bonds. The SMILES string of the molecule is CC/C=C\C/C=C\C/C=C\C/C=C\C/C=C\C/C=C\C/C=C\C/C=C\C/C=C\C/C=C\CCCCCCC(=O)NC(COC1OC(CO)C(O)C(O)C1O)C(O)/C=C/CCCCCCCCCCCCCCCCCCCCCCCCCCCC. The quantitative estimate of drug-likeness (QED) is 0.0261. The summed E-state index contributed by atoms with van der Waals surface area (Å²) in [6.07, 6.45) is 91.2. The molecule has 492 valence electrons. The Hall–Kier alpha value is -3.67. The molecule has 86 heavy (non-hydrogen) atoms. The number of aliphatic hydroxyl groups is 5. The highest BCUT2D eigenvalue weighted by atomic mass is 16.7. The van der Waals surface area contributed by atoms with E-state index in [0.29, 0.717) is 6.42 Å². The minimum absolute atomic E-state index is 0.204. The van der Waals surface area contributed by atoms with Gasteiger partial charge in [-0.05, 0) is 96.3 Å². The van der Waals surface area contributed by atoms with Crippen LogP contribution in [0.15, 0.2) is 134 Å². The van der Waals surface area contributed by atoms with Gasteiger partial charge in [0.25, 0.3) is 0 Å². The van der Waals surface area contributed by atoms with E-state index in [4.69, 9.17) is 9.47 Å². The highest BCUT2D eigenvalue weighted by molar-refractivity contribution is 5.76. The number of carbonyl (C=O) groups is 1. The first kappa shape index (κ1) is 80.3. The molecule has 0 aromatic carbocycles. The molecule has 0 spiro atoms. The van der Waals surface area contributed by atoms with E-state index in [1.54, 1.807) is 6.08 Å². The molecular formula is C77H131NO8. The van der Waals surface area contributed by atoms with Crippen LogP contribution in [0.1, 0.15) is 290 Å². The summed E-state index contributed by atoms with van der Waals surface area (Å²) >= 11 is 0. The zero-order valence-corrected chi connectivity index (χ0v) is 55.0. The van der Waals surface area contributed by atoms with Gasteiger partial charge in [0.2, 0.25) is 5.91 Å². The van der Waals surface area contributed by atoms with Crippen molar-refractivity contribution in [3.05, 3.63) is 134 Å². The first-order valence-corrected chi connectivity index (χ1v) is 35.4. The van der Waals surface area contributed by atoms with Crippen molar-refractivity contribution < 1.29 is 39.8 Å². The molecule has 7 unspecified atom stereocenters. The van der Waals surface area contributed by atoms with E-state index in [0.717, 1.165) is 116 Å². The Morgan fingerprint density at radius 2 is 0.721 bits per heavy atom. The molecule has 1 fully saturated rings. The van der Waals surface area contributed by atoms with Crippen molar-refractivity contribution in [3.8, 4) is 0 Å². The van der Waals surface area contributed by atoms with Crippen molar-refractivity contribution in [3.63, 3.8) is 0 Å². The average molecular weight is 1200 g/mol. The van der Waals surface area contributed by atoms with Crippen molar-refractivity contribution in [2.24, 2.45) is 0 Å². The van der Waals surface area contributed by atoms with Crippen molar-refractivity contribution in [1.29, 1.82) is 0 Å². The molecule has 0 bridgehead atoms. The van der Waals surface area contributed by atoms with Crippen LogP contribution >= 0.6 is 0 Å². The molecule has 1 heterocycles. The van der Waals surface area contributed by atoms with Gasteiger partial charge < -0.3 is 40.3 Å². The minimum Gasteiger partial charge on any atom is -0.394 e. The van der Waals surface area contributed by atoms with Gasteiger partial charge in [0, 0.05) is 6.42 Å². The van der Waals surface area contributed by atoms with Gasteiger partial charge in [-0.1, -0.05) is 321 Å². The third kappa shape index (κ3) is 52.3. The molecule has 0 aromatic rings. The lowest BCUT2D eigenvalue weighted by Crippen LogP contribution is -2.60. The molecule has 1 rings (SSSR count). The van der Waals surface area contributed by atoms with E-state index in [1.165, 1.54) is 154 Å². The molecular weight excluding hydrogens is 1070 g/mol. The van der Waals surface area contributed by atoms with E-state index in [-0.39, 0.29) is 12.5 Å². The molecule has 6 N–H and O–H groups in total. The molecule has 1 aliphatic heterocycles. The maximum atomic E-state index is 13.1. The fraction of sp³-hybridized carbons (Fsp3) is 0.701. The molecule has 9 nitrogen and oxygen atoms in total. The Morgan fingerprint density at radius 1 is 0.407 bits per heavy atom. The lowest BCUT2D eigenvalue weighted by atomic mass is 9.99. The summed E-state index contributed by atoms with van der Waals surface area (Å²) in [5.41, 5.74) is 0. The predicted octanol–water partition coefficient (Wildman–Crippen LogP) is 19.6. The number of allylic oxidation sites excluding steroid dienone is 21. The summed E-state index contributed by atoms with van der Waals surface area (Å²) in [7, 11) is 0. The third-order valence-electron chi connectivity index (χ3n) is 16.0. The fourth-order valence-electron chi connectivity index (χ4n) is 10.5. The first-order chi connectivity index (χ1) is 42.3. The van der Waals surface area contributed by atoms with Crippen molar-refractivity contribution in [2.75, 3.05) is 13.2 Å². The molecule has 0 radical (unpaired) electrons. The maximum Gasteiger partial charge on any atom is 0.220 e. The monoisotopic (exact) mass is 1200 g/mol. The summed E-state index contributed by atoms with van der Waals surface area (Å²) in [4.78, 5) is 13.1. The molecule has 1 saturated heterocycles. The third-order valence-corrected chi connectivity index (χ3v) is 16.0. The Bertz CT molecular complexity index is 1820. The van der Waals surface area contributed by atoms with E-state index in [2.05, 4.69) is 141 Å². The van der Waals surface area contributed by atoms with Crippen LogP contribution in [-0.2, 0) is 14.3 Å². The van der Waals surface area contributed by atoms with Gasteiger partial charge in [-0.15, -0.1) is 0 Å². The zero-order chi connectivity index (χ0) is 62.1. The van der Waals surface area contributed by atoms with Gasteiger partial charge in [-0.25, -0.2) is 0 Å². The van der Waals surface area contributed by atoms with Crippen molar-refractivity contribution >= 4 is 5.91 Å². The second-order valence-corrected chi connectivity index (χ2v) is 23.9. The van der Waals surface area contributed by atoms with Crippen molar-refractivity contribution in [2.45, 2.75) is 333 Å². The lowest BCUT2D eigenvalue weighted by Gasteiger charge is -2.40. The van der Waals surface area contributed by atoms with Crippen LogP contribution in [0.3, 0.4) is 0 Å². The molecule has 0 aliphatic carbocycles. The van der Waals surface area contributed by atoms with E-state index < -0.39 is 49.5 Å². The number of ether oxygens (including phenoxy) is 2. The normalized spacial score (nSPS) is 18.9. The number of unbranched alkanes of at least 4 members (excludes halogenated alkanes) is 30. The number of rotatable bonds is 60. The second kappa shape index (κ2) is 64.3. The maximum absolute atomic E-state index is 13.1. The summed E-state index contributed by atoms with van der Waals surface area (Å²) in [6, 6.07) is -0.831. The summed E-state index contributed by atoms with van der Waals surface area (Å²) in [5.74, 6) is -0.204. The van der Waals surface area contributed by atoms with Crippen LogP contribution in [0.5, 0.6) is 0 Å². The fourth-order valence-corrected chi connectivity index (χ4v) is 10.5. The Morgan fingerprint density at radius 3 is 1.07 bits per heavy atom. The Labute approximate surface area is 528 Å². The van der Waals surface area contributed by atoms with Gasteiger partial charge in [0.05, 0.1) is 25.4 Å². The van der Waals surface area contributed by atoms with Gasteiger partial charge in [-0.3, -0.25) is 4.79 Å². The summed E-state index contributed by atoms with van der Waals surface area (Å²) in [5, 5.41) is 54.8. The lowest BCUT2D eigenvalue weighted by molar-refractivity contribution is -0.302. The summed E-state index contributed by atoms with van der Waals surface area (Å²) in [6.45, 7) is 3.67. The largest absolute Gasteiger partial charge is 0.394 e. The molecule has 0 aromatic heterocycles. The van der Waals surface area contributed by atoms with Gasteiger partial charge in [0.1, 0.15) is 24.4 Å². The Kier molecular flexibility index (Phi) is 60.1. The first-order valence-electron chi connectivity index (χ1n) is 35.4. The second-order valence-electron chi connectivity index (χ2n) is 23.9. The molecule has 0 saturated carbocycles. The van der Waals surface area contributed by atoms with Gasteiger partial charge in [0.15, 0.2) is 6.29 Å². The van der Waals surface area contributed by atoms with E-state index in [9.17, 15) is 30.3 Å². The zero-order valence-electron chi connectivity index (χ0n) is 55.0. The van der Waals surface area contributed by atoms with Crippen LogP contribution in [0.2, 0.25) is 0 Å². The van der Waals surface area contributed by atoms with Crippen LogP contribution < -0.4 is 5.32 Å². The number of amides is 1. The van der Waals surface area contributed by atoms with E-state index >= 15 is 0 Å². The highest BCUT2D eigenvalue weighted by Crippen LogP contribution is 2.23. The van der Waals surface area contributed by atoms with Crippen LogP contribution in [-0.4, -0.2) is 87.5 Å². The average Bonchev–Trinajstić information content (AvgIpc) is 3.65. The number of nitrogens with one attached hydrogen (secondary N) is 1. The van der Waals surface area contributed by atoms with Crippen LogP contribution in [0.25, 0.3) is 0 Å². The number of hydrogen-bond donors (Lipinski definition) is 6. The van der Waals surface area contributed by atoms with Gasteiger partial charge in [-0.2, -0.15) is 0 Å². The smallest absolute Gasteiger partial charge is 0.220 e. The van der Waals surface area contributed by atoms with Crippen molar-refractivity contribution in [1.82, 2.24) is 5.32 Å². The van der Waals surface area contributed by atoms with Gasteiger partial charge >= 0.3 is 0 Å². The number of carbonyl (C=O) groups excluding carboxylic acids is 1. The summed E-state index contributed by atoms with van der Waals surface area (Å²) < 4.78 is 11.3. The predicted molar refractivity (Wildman–Crippen MR) is 368 cm³/mol. The number of hydrogen-bond acceptors (Lipinski definition) is 8. The number of aliphatic hydroxyl groups excluding tert-OH is 5. The Balaban J connectivity index is 2.20. The topological polar surface area (TPSA) is 149 Å².